The maximum absolute atomic E-state index is 15.0. The molecule has 14 atom stereocenters. The number of benzene rings is 1. The molecule has 3 saturated heterocycles. The maximum atomic E-state index is 15.0. The highest BCUT2D eigenvalue weighted by molar-refractivity contribution is 6.05. The Bertz CT molecular complexity index is 2360. The molecule has 1 aromatic rings. The van der Waals surface area contributed by atoms with Gasteiger partial charge in [-0.1, -0.05) is 73.9 Å². The minimum Gasteiger partial charge on any atom is -0.497 e. The van der Waals surface area contributed by atoms with Gasteiger partial charge in [-0.3, -0.25) is 43.2 Å². The zero-order chi connectivity index (χ0) is 60.2. The van der Waals surface area contributed by atoms with Crippen LogP contribution in [0.5, 0.6) is 5.75 Å². The summed E-state index contributed by atoms with van der Waals surface area (Å²) in [6, 6.07) is -2.72. The predicted octanol–water partition coefficient (Wildman–Crippen LogP) is 1.29. The molecule has 8 unspecified atom stereocenters. The molecule has 3 aliphatic heterocycles. The third-order valence-corrected chi connectivity index (χ3v) is 15.5. The Morgan fingerprint density at radius 1 is 0.887 bits per heavy atom. The van der Waals surface area contributed by atoms with Gasteiger partial charge >= 0.3 is 11.9 Å². The number of ketones is 1. The normalized spacial score (nSPS) is 28.4. The highest BCUT2D eigenvalue weighted by atomic mass is 16.6. The number of fused-ring (bicyclic) bond motifs is 1. The Balaban J connectivity index is 1.89. The van der Waals surface area contributed by atoms with E-state index in [0.717, 1.165) is 9.80 Å². The first-order valence-electron chi connectivity index (χ1n) is 28.1. The summed E-state index contributed by atoms with van der Waals surface area (Å²) in [5.41, 5.74) is 0.555. The Kier molecular flexibility index (Phi) is 24.4. The topological polar surface area (TPSA) is 308 Å². The number of β-amino-alcohol motifs (C(OH)–C–C–N with tert-alkyl or cyclic N) is 1. The molecule has 7 amide bonds. The zero-order valence-corrected chi connectivity index (χ0v) is 49.1. The fraction of sp³-hybridized carbons (Fsp3) is 0.719. The number of likely N-dealkylation sites (tertiary alicyclic amines) is 1. The van der Waals surface area contributed by atoms with Crippen molar-refractivity contribution in [3.63, 3.8) is 0 Å². The summed E-state index contributed by atoms with van der Waals surface area (Å²) in [7, 11) is 4.19. The summed E-state index contributed by atoms with van der Waals surface area (Å²) in [6.07, 6.45) is -7.39. The van der Waals surface area contributed by atoms with Crippen molar-refractivity contribution in [1.29, 1.82) is 0 Å². The highest BCUT2D eigenvalue weighted by Crippen LogP contribution is 2.27. The summed E-state index contributed by atoms with van der Waals surface area (Å²) >= 11 is 0. The van der Waals surface area contributed by atoms with Gasteiger partial charge in [0.25, 0.3) is 5.91 Å². The number of amides is 7. The minimum atomic E-state index is -1.81. The molecule has 0 aromatic heterocycles. The van der Waals surface area contributed by atoms with E-state index in [1.165, 1.54) is 51.8 Å². The molecule has 448 valence electrons. The maximum Gasteiger partial charge on any atom is 0.329 e. The van der Waals surface area contributed by atoms with Crippen LogP contribution in [0.3, 0.4) is 0 Å². The number of Topliss-reactive ketones (excluding diaryl/α,β-unsaturated/α-hetero) is 1. The summed E-state index contributed by atoms with van der Waals surface area (Å²) in [5, 5.41) is 40.8. The number of esters is 2. The van der Waals surface area contributed by atoms with Crippen LogP contribution in [-0.2, 0) is 63.8 Å². The molecule has 0 spiro atoms. The van der Waals surface area contributed by atoms with Gasteiger partial charge in [-0.15, -0.1) is 0 Å². The lowest BCUT2D eigenvalue weighted by molar-refractivity contribution is -0.163. The molecule has 1 aromatic carbocycles. The number of rotatable bonds is 15. The standard InChI is InChI=1S/C57H89N7O16/c1-15-32(8)46-44(67)27-45(68)80-49(31(6)7)48(69)33(9)50(70)58-39(23-29(2)3)54(74)63-22-16-17-40(63)55(75)62(13)43(25-36-18-20-38(78-14)21-19-36)57(77)79-35(11)47(52(72)59-46)60-51(71)41(24-30(4)5)61(12)56(76)42-26-37(66)28-64(42)53(73)34(10)65/h18-21,29-35,37,39-44,46-47,49,65-67H,15-17,22-28H2,1-14H3,(H,58,70)(H,59,72)(H,60,71)/t32?,33?,34-,35?,37?,39-,40-,41?,42-,43-,44?,46?,47?,49-/m0/s1. The lowest BCUT2D eigenvalue weighted by atomic mass is 9.91. The first kappa shape index (κ1) is 66.3. The van der Waals surface area contributed by atoms with E-state index in [-0.39, 0.29) is 57.0 Å². The molecule has 3 aliphatic rings. The second kappa shape index (κ2) is 29.5. The monoisotopic (exact) mass is 1130 g/mol. The molecule has 0 radical (unpaired) electrons. The largest absolute Gasteiger partial charge is 0.497 e. The quantitative estimate of drug-likeness (QED) is 0.107. The third kappa shape index (κ3) is 16.9. The first-order valence-corrected chi connectivity index (χ1v) is 28.1. The van der Waals surface area contributed by atoms with Crippen LogP contribution in [0.4, 0.5) is 0 Å². The Hall–Kier alpha value is -6.20. The van der Waals surface area contributed by atoms with Crippen molar-refractivity contribution in [2.45, 2.75) is 200 Å². The molecule has 80 heavy (non-hydrogen) atoms. The average Bonchev–Trinajstić information content (AvgIpc) is 4.07. The van der Waals surface area contributed by atoms with E-state index >= 15 is 4.79 Å². The van der Waals surface area contributed by atoms with E-state index < -0.39 is 156 Å². The molecule has 0 saturated carbocycles. The molecular formula is C57H89N7O16. The molecule has 23 heteroatoms. The second-order valence-electron chi connectivity index (χ2n) is 23.2. The number of carbonyl (C=O) groups is 10. The average molecular weight is 1130 g/mol. The molecule has 6 N–H and O–H groups in total. The van der Waals surface area contributed by atoms with Crippen LogP contribution in [0, 0.1) is 29.6 Å². The highest BCUT2D eigenvalue weighted by Gasteiger charge is 2.47. The van der Waals surface area contributed by atoms with Gasteiger partial charge in [0.05, 0.1) is 37.7 Å². The number of nitrogens with zero attached hydrogens (tertiary/aromatic N) is 4. The molecular weight excluding hydrogens is 1040 g/mol. The summed E-state index contributed by atoms with van der Waals surface area (Å²) in [6.45, 7) is 17.7. The number of ether oxygens (including phenoxy) is 3. The van der Waals surface area contributed by atoms with Crippen LogP contribution in [0.25, 0.3) is 0 Å². The van der Waals surface area contributed by atoms with Crippen molar-refractivity contribution in [2.24, 2.45) is 29.6 Å². The van der Waals surface area contributed by atoms with Crippen LogP contribution in [0.15, 0.2) is 24.3 Å². The van der Waals surface area contributed by atoms with Gasteiger partial charge in [0.2, 0.25) is 35.4 Å². The van der Waals surface area contributed by atoms with Gasteiger partial charge in [-0.25, -0.2) is 4.79 Å². The summed E-state index contributed by atoms with van der Waals surface area (Å²) in [5.74, 6) is -10.9. The van der Waals surface area contributed by atoms with Crippen LogP contribution in [-0.4, -0.2) is 201 Å². The number of hydrogen-bond acceptors (Lipinski definition) is 16. The number of aliphatic hydroxyl groups is 3. The van der Waals surface area contributed by atoms with Gasteiger partial charge in [0.1, 0.15) is 54.2 Å². The van der Waals surface area contributed by atoms with Crippen molar-refractivity contribution in [3.05, 3.63) is 29.8 Å². The second-order valence-corrected chi connectivity index (χ2v) is 23.2. The lowest BCUT2D eigenvalue weighted by Crippen LogP contribution is -2.62. The van der Waals surface area contributed by atoms with E-state index in [2.05, 4.69) is 16.0 Å². The number of aliphatic hydroxyl groups excluding tert-OH is 3. The van der Waals surface area contributed by atoms with Crippen LogP contribution < -0.4 is 20.7 Å². The van der Waals surface area contributed by atoms with Gasteiger partial charge in [0.15, 0.2) is 11.9 Å². The number of hydrogen-bond donors (Lipinski definition) is 6. The van der Waals surface area contributed by atoms with Gasteiger partial charge < -0.3 is 65.1 Å². The summed E-state index contributed by atoms with van der Waals surface area (Å²) in [4.78, 5) is 148. The van der Waals surface area contributed by atoms with Gasteiger partial charge in [-0.2, -0.15) is 0 Å². The van der Waals surface area contributed by atoms with E-state index in [0.29, 0.717) is 24.2 Å². The number of carbonyl (C=O) groups excluding carboxylic acids is 10. The number of cyclic esters (lactones) is 2. The van der Waals surface area contributed by atoms with Crippen LogP contribution >= 0.6 is 0 Å². The van der Waals surface area contributed by atoms with Crippen LogP contribution in [0.2, 0.25) is 0 Å². The molecule has 23 nitrogen and oxygen atoms in total. The molecule has 0 bridgehead atoms. The molecule has 3 heterocycles. The SMILES string of the molecule is CCC(C)C1NC(=O)C(NC(=O)C(CC(C)C)N(C)C(=O)[C@@H]2CC(O)CN2C(=O)[C@H](C)O)C(C)OC(=O)[C@H](Cc2ccc(OC)cc2)N(C)C(=O)[C@@H]2CCCN2C(=O)[C@H](CC(C)C)NC(=O)C(C)C(=O)[C@H](C(C)C)OC(=O)CC1O. The molecule has 3 fully saturated rings. The fourth-order valence-electron chi connectivity index (χ4n) is 10.5. The Morgan fingerprint density at radius 2 is 1.52 bits per heavy atom. The zero-order valence-electron chi connectivity index (χ0n) is 49.1. The van der Waals surface area contributed by atoms with Crippen molar-refractivity contribution < 1.29 is 77.5 Å². The first-order chi connectivity index (χ1) is 37.4. The van der Waals surface area contributed by atoms with Gasteiger partial charge in [-0.05, 0) is 87.8 Å². The third-order valence-electron chi connectivity index (χ3n) is 15.5. The Labute approximate surface area is 470 Å². The lowest BCUT2D eigenvalue weighted by Gasteiger charge is -2.36. The van der Waals surface area contributed by atoms with E-state index in [4.69, 9.17) is 14.2 Å². The minimum absolute atomic E-state index is 0.00510. The smallest absolute Gasteiger partial charge is 0.329 e. The number of likely N-dealkylation sites (N-methyl/N-ethyl adjacent to an activating group) is 2. The van der Waals surface area contributed by atoms with Crippen molar-refractivity contribution in [2.75, 3.05) is 34.3 Å². The van der Waals surface area contributed by atoms with E-state index in [9.17, 15) is 58.5 Å². The van der Waals surface area contributed by atoms with E-state index in [1.807, 2.05) is 13.8 Å². The van der Waals surface area contributed by atoms with Crippen molar-refractivity contribution in [1.82, 2.24) is 35.6 Å². The fourth-order valence-corrected chi connectivity index (χ4v) is 10.5. The number of methoxy groups -OCH3 is 1. The Morgan fingerprint density at radius 3 is 2.09 bits per heavy atom. The predicted molar refractivity (Wildman–Crippen MR) is 292 cm³/mol. The summed E-state index contributed by atoms with van der Waals surface area (Å²) < 4.78 is 17.2. The van der Waals surface area contributed by atoms with Crippen molar-refractivity contribution in [3.8, 4) is 5.75 Å². The van der Waals surface area contributed by atoms with Gasteiger partial charge in [0, 0.05) is 40.0 Å². The van der Waals surface area contributed by atoms with E-state index in [1.54, 1.807) is 65.8 Å². The van der Waals surface area contributed by atoms with Crippen LogP contribution in [0.1, 0.15) is 127 Å². The van der Waals surface area contributed by atoms with Crippen molar-refractivity contribution >= 4 is 59.1 Å². The number of nitrogens with one attached hydrogen (secondary N) is 3. The molecule has 4 rings (SSSR count). The molecule has 0 aliphatic carbocycles.